The zero-order valence-corrected chi connectivity index (χ0v) is 8.26. The molecule has 68 valence electrons. The highest BCUT2D eigenvalue weighted by Gasteiger charge is 2.29. The first-order chi connectivity index (χ1) is 5.56. The highest BCUT2D eigenvalue weighted by atomic mass is 16.1. The molecule has 1 nitrogen and oxygen atoms in total. The molecule has 1 unspecified atom stereocenters. The third-order valence-corrected chi connectivity index (χ3v) is 2.99. The van der Waals surface area contributed by atoms with Crippen LogP contribution in [0.1, 0.15) is 40.0 Å². The Kier molecular flexibility index (Phi) is 2.71. The van der Waals surface area contributed by atoms with Crippen LogP contribution in [-0.2, 0) is 4.79 Å². The maximum atomic E-state index is 10.8. The van der Waals surface area contributed by atoms with E-state index in [-0.39, 0.29) is 5.41 Å². The molecule has 1 aliphatic carbocycles. The summed E-state index contributed by atoms with van der Waals surface area (Å²) in [6, 6.07) is 0. The molecule has 0 spiro atoms. The number of aldehydes is 1. The first-order valence-electron chi connectivity index (χ1n) is 4.68. The lowest BCUT2D eigenvalue weighted by Gasteiger charge is -2.31. The molecular formula is C11H18O. The number of hydrogen-bond acceptors (Lipinski definition) is 1. The highest BCUT2D eigenvalue weighted by Crippen LogP contribution is 2.35. The lowest BCUT2D eigenvalue weighted by molar-refractivity contribution is -0.117. The van der Waals surface area contributed by atoms with Crippen molar-refractivity contribution in [1.29, 1.82) is 0 Å². The van der Waals surface area contributed by atoms with Crippen molar-refractivity contribution >= 4 is 6.29 Å². The molecule has 1 atom stereocenters. The molecule has 0 aromatic heterocycles. The first-order valence-corrected chi connectivity index (χ1v) is 4.68. The van der Waals surface area contributed by atoms with Crippen molar-refractivity contribution in [1.82, 2.24) is 0 Å². The average molecular weight is 166 g/mol. The van der Waals surface area contributed by atoms with Crippen molar-refractivity contribution in [3.05, 3.63) is 11.6 Å². The van der Waals surface area contributed by atoms with E-state index in [1.165, 1.54) is 18.4 Å². The van der Waals surface area contributed by atoms with Gasteiger partial charge in [-0.15, -0.1) is 0 Å². The van der Waals surface area contributed by atoms with E-state index in [1.54, 1.807) is 0 Å². The van der Waals surface area contributed by atoms with E-state index in [1.807, 2.05) is 13.8 Å². The summed E-state index contributed by atoms with van der Waals surface area (Å²) in [5.41, 5.74) is 1.35. The van der Waals surface area contributed by atoms with Gasteiger partial charge >= 0.3 is 0 Å². The second-order valence-electron chi connectivity index (χ2n) is 4.46. The predicted octanol–water partition coefficient (Wildman–Crippen LogP) is 2.96. The van der Waals surface area contributed by atoms with Gasteiger partial charge in [-0.2, -0.15) is 0 Å². The summed E-state index contributed by atoms with van der Waals surface area (Å²) < 4.78 is 0. The quantitative estimate of drug-likeness (QED) is 0.455. The Bertz CT molecular complexity index is 201. The third kappa shape index (κ3) is 1.96. The van der Waals surface area contributed by atoms with Crippen molar-refractivity contribution in [2.45, 2.75) is 40.0 Å². The summed E-state index contributed by atoms with van der Waals surface area (Å²) in [4.78, 5) is 10.8. The Hall–Kier alpha value is -0.590. The molecule has 0 N–H and O–H groups in total. The molecule has 0 aromatic rings. The summed E-state index contributed by atoms with van der Waals surface area (Å²) in [5.74, 6) is 0.554. The van der Waals surface area contributed by atoms with E-state index in [2.05, 4.69) is 13.0 Å². The van der Waals surface area contributed by atoms with Crippen LogP contribution in [-0.4, -0.2) is 6.29 Å². The van der Waals surface area contributed by atoms with Gasteiger partial charge in [0.15, 0.2) is 0 Å². The van der Waals surface area contributed by atoms with E-state index in [9.17, 15) is 4.79 Å². The fourth-order valence-corrected chi connectivity index (χ4v) is 1.74. The van der Waals surface area contributed by atoms with Gasteiger partial charge < -0.3 is 4.79 Å². The van der Waals surface area contributed by atoms with Crippen LogP contribution in [0, 0.1) is 11.3 Å². The number of allylic oxidation sites excluding steroid dienone is 2. The third-order valence-electron chi connectivity index (χ3n) is 2.99. The van der Waals surface area contributed by atoms with Gasteiger partial charge in [-0.1, -0.05) is 25.5 Å². The molecule has 0 fully saturated rings. The molecule has 0 aromatic carbocycles. The second kappa shape index (κ2) is 3.42. The van der Waals surface area contributed by atoms with Crippen LogP contribution < -0.4 is 0 Å². The Labute approximate surface area is 74.9 Å². The standard InChI is InChI=1S/C11H18O/c1-9-4-6-10(7-5-9)11(2,3)8-12/h4,8,10H,5-7H2,1-3H3. The van der Waals surface area contributed by atoms with Gasteiger partial charge in [0, 0.05) is 5.41 Å². The van der Waals surface area contributed by atoms with Crippen LogP contribution in [0.4, 0.5) is 0 Å². The molecule has 1 aliphatic rings. The van der Waals surface area contributed by atoms with Crippen LogP contribution in [0.2, 0.25) is 0 Å². The van der Waals surface area contributed by atoms with Gasteiger partial charge in [-0.3, -0.25) is 0 Å². The van der Waals surface area contributed by atoms with E-state index in [0.29, 0.717) is 5.92 Å². The second-order valence-corrected chi connectivity index (χ2v) is 4.46. The smallest absolute Gasteiger partial charge is 0.125 e. The summed E-state index contributed by atoms with van der Waals surface area (Å²) in [6.45, 7) is 6.25. The zero-order valence-electron chi connectivity index (χ0n) is 8.26. The number of hydrogen-bond donors (Lipinski definition) is 0. The van der Waals surface area contributed by atoms with E-state index < -0.39 is 0 Å². The Morgan fingerprint density at radius 3 is 2.67 bits per heavy atom. The molecule has 0 saturated heterocycles. The van der Waals surface area contributed by atoms with Crippen molar-refractivity contribution in [3.63, 3.8) is 0 Å². The van der Waals surface area contributed by atoms with Gasteiger partial charge in [0.05, 0.1) is 0 Å². The van der Waals surface area contributed by atoms with Gasteiger partial charge in [0.2, 0.25) is 0 Å². The molecule has 0 amide bonds. The first kappa shape index (κ1) is 9.50. The van der Waals surface area contributed by atoms with E-state index >= 15 is 0 Å². The SMILES string of the molecule is CC1=CCC(C(C)(C)C=O)CC1. The maximum absolute atomic E-state index is 10.8. The molecule has 0 saturated carbocycles. The molecular weight excluding hydrogens is 148 g/mol. The normalized spacial score (nSPS) is 24.9. The van der Waals surface area contributed by atoms with Crippen LogP contribution in [0.15, 0.2) is 11.6 Å². The molecule has 0 radical (unpaired) electrons. The van der Waals surface area contributed by atoms with Crippen LogP contribution in [0.5, 0.6) is 0 Å². The minimum absolute atomic E-state index is 0.128. The molecule has 0 heterocycles. The number of carbonyl (C=O) groups is 1. The fourth-order valence-electron chi connectivity index (χ4n) is 1.74. The Balaban J connectivity index is 2.62. The maximum Gasteiger partial charge on any atom is 0.125 e. The summed E-state index contributed by atoms with van der Waals surface area (Å²) in [7, 11) is 0. The predicted molar refractivity (Wildman–Crippen MR) is 50.9 cm³/mol. The Morgan fingerprint density at radius 1 is 1.58 bits per heavy atom. The summed E-state index contributed by atoms with van der Waals surface area (Å²) >= 11 is 0. The van der Waals surface area contributed by atoms with Crippen molar-refractivity contribution in [3.8, 4) is 0 Å². The molecule has 0 bridgehead atoms. The minimum atomic E-state index is -0.128. The monoisotopic (exact) mass is 166 g/mol. The number of rotatable bonds is 2. The zero-order chi connectivity index (χ0) is 9.19. The van der Waals surface area contributed by atoms with E-state index in [0.717, 1.165) is 12.7 Å². The summed E-state index contributed by atoms with van der Waals surface area (Å²) in [5, 5.41) is 0. The number of carbonyl (C=O) groups excluding carboxylic acids is 1. The van der Waals surface area contributed by atoms with Crippen molar-refractivity contribution in [2.24, 2.45) is 11.3 Å². The van der Waals surface area contributed by atoms with Crippen molar-refractivity contribution in [2.75, 3.05) is 0 Å². The van der Waals surface area contributed by atoms with Gasteiger partial charge in [0.25, 0.3) is 0 Å². The molecule has 12 heavy (non-hydrogen) atoms. The van der Waals surface area contributed by atoms with Gasteiger partial charge in [0.1, 0.15) is 6.29 Å². The molecule has 0 aliphatic heterocycles. The van der Waals surface area contributed by atoms with Gasteiger partial charge in [-0.05, 0) is 32.1 Å². The minimum Gasteiger partial charge on any atom is -0.303 e. The lowest BCUT2D eigenvalue weighted by atomic mass is 9.73. The van der Waals surface area contributed by atoms with E-state index in [4.69, 9.17) is 0 Å². The summed E-state index contributed by atoms with van der Waals surface area (Å²) in [6.07, 6.45) is 6.80. The Morgan fingerprint density at radius 2 is 2.25 bits per heavy atom. The lowest BCUT2D eigenvalue weighted by Crippen LogP contribution is -2.26. The topological polar surface area (TPSA) is 17.1 Å². The van der Waals surface area contributed by atoms with Crippen molar-refractivity contribution < 1.29 is 4.79 Å². The average Bonchev–Trinajstić information content (AvgIpc) is 2.05. The van der Waals surface area contributed by atoms with Gasteiger partial charge in [-0.25, -0.2) is 0 Å². The highest BCUT2D eigenvalue weighted by molar-refractivity contribution is 5.58. The fraction of sp³-hybridized carbons (Fsp3) is 0.727. The molecule has 1 rings (SSSR count). The van der Waals surface area contributed by atoms with Crippen LogP contribution in [0.3, 0.4) is 0 Å². The van der Waals surface area contributed by atoms with Crippen LogP contribution >= 0.6 is 0 Å². The molecule has 1 heteroatoms. The largest absolute Gasteiger partial charge is 0.303 e. The van der Waals surface area contributed by atoms with Crippen LogP contribution in [0.25, 0.3) is 0 Å².